The van der Waals surface area contributed by atoms with Gasteiger partial charge in [0.2, 0.25) is 0 Å². The van der Waals surface area contributed by atoms with Gasteiger partial charge >= 0.3 is 0 Å². The number of hydrogen-bond acceptors (Lipinski definition) is 2. The summed E-state index contributed by atoms with van der Waals surface area (Å²) in [5.41, 5.74) is 0.657. The summed E-state index contributed by atoms with van der Waals surface area (Å²) < 4.78 is 14.5. The van der Waals surface area contributed by atoms with Gasteiger partial charge in [-0.25, -0.2) is 4.39 Å². The number of amides is 1. The number of benzene rings is 1. The number of nitrogens with zero attached hydrogens (tertiary/aromatic N) is 1. The molecule has 1 aliphatic heterocycles. The molecule has 0 radical (unpaired) electrons. The van der Waals surface area contributed by atoms with Crippen LogP contribution in [0.25, 0.3) is 0 Å². The van der Waals surface area contributed by atoms with Crippen LogP contribution < -0.4 is 5.32 Å². The molecule has 1 N–H and O–H groups in total. The first-order chi connectivity index (χ1) is 11.6. The van der Waals surface area contributed by atoms with Gasteiger partial charge in [-0.05, 0) is 49.5 Å². The fourth-order valence-corrected chi connectivity index (χ4v) is 3.48. The molecule has 0 unspecified atom stereocenters. The van der Waals surface area contributed by atoms with Crippen LogP contribution in [0.4, 0.5) is 4.39 Å². The number of alkyl halides is 1. The number of nitrogens with one attached hydrogen (secondary N) is 1. The van der Waals surface area contributed by atoms with Gasteiger partial charge in [-0.3, -0.25) is 4.79 Å². The van der Waals surface area contributed by atoms with Gasteiger partial charge in [-0.2, -0.15) is 0 Å². The molecule has 0 aromatic heterocycles. The van der Waals surface area contributed by atoms with Crippen molar-refractivity contribution in [1.82, 2.24) is 10.2 Å². The van der Waals surface area contributed by atoms with E-state index in [1.165, 1.54) is 0 Å². The molecule has 1 amide bonds. The van der Waals surface area contributed by atoms with E-state index in [2.05, 4.69) is 31.0 Å². The number of piperidine rings is 1. The largest absolute Gasteiger partial charge is 0.352 e. The summed E-state index contributed by atoms with van der Waals surface area (Å²) in [5, 5.41) is 3.63. The molecule has 25 heavy (non-hydrogen) atoms. The van der Waals surface area contributed by atoms with Crippen LogP contribution in [0.15, 0.2) is 18.2 Å². The van der Waals surface area contributed by atoms with E-state index in [0.29, 0.717) is 28.7 Å². The van der Waals surface area contributed by atoms with Crippen LogP contribution in [0, 0.1) is 11.3 Å². The van der Waals surface area contributed by atoms with Gasteiger partial charge in [0.1, 0.15) is 6.17 Å². The zero-order chi connectivity index (χ0) is 18.6. The molecule has 0 spiro atoms. The molecule has 0 bridgehead atoms. The number of rotatable bonds is 5. The summed E-state index contributed by atoms with van der Waals surface area (Å²) in [7, 11) is 0. The van der Waals surface area contributed by atoms with Crippen molar-refractivity contribution in [3.8, 4) is 0 Å². The molecular weight excluding hydrogens is 362 g/mol. The van der Waals surface area contributed by atoms with E-state index in [-0.39, 0.29) is 17.2 Å². The van der Waals surface area contributed by atoms with Crippen LogP contribution in [0.2, 0.25) is 10.0 Å². The predicted molar refractivity (Wildman–Crippen MR) is 102 cm³/mol. The molecular formula is C19H27Cl2FN2O. The Morgan fingerprint density at radius 3 is 2.48 bits per heavy atom. The van der Waals surface area contributed by atoms with Gasteiger partial charge < -0.3 is 10.2 Å². The second-order valence-electron chi connectivity index (χ2n) is 8.04. The van der Waals surface area contributed by atoms with Crippen molar-refractivity contribution in [2.75, 3.05) is 26.2 Å². The van der Waals surface area contributed by atoms with Crippen LogP contribution >= 0.6 is 23.2 Å². The highest BCUT2D eigenvalue weighted by Crippen LogP contribution is 2.24. The van der Waals surface area contributed by atoms with Crippen molar-refractivity contribution in [3.05, 3.63) is 33.8 Å². The molecule has 1 aromatic rings. The Morgan fingerprint density at radius 1 is 1.28 bits per heavy atom. The Bertz CT molecular complexity index is 583. The Balaban J connectivity index is 1.81. The predicted octanol–water partition coefficient (Wildman–Crippen LogP) is 4.82. The van der Waals surface area contributed by atoms with E-state index in [0.717, 1.165) is 25.9 Å². The van der Waals surface area contributed by atoms with Gasteiger partial charge in [0.15, 0.2) is 0 Å². The molecule has 2 rings (SSSR count). The molecule has 2 atom stereocenters. The van der Waals surface area contributed by atoms with Crippen LogP contribution in [0.1, 0.15) is 44.0 Å². The maximum atomic E-state index is 14.5. The molecule has 1 aliphatic rings. The first kappa shape index (κ1) is 20.5. The molecule has 1 fully saturated rings. The first-order valence-electron chi connectivity index (χ1n) is 8.75. The summed E-state index contributed by atoms with van der Waals surface area (Å²) in [6.07, 6.45) is 0.885. The zero-order valence-corrected chi connectivity index (χ0v) is 16.6. The van der Waals surface area contributed by atoms with Crippen LogP contribution in [0.5, 0.6) is 0 Å². The molecule has 1 saturated heterocycles. The Kier molecular flexibility index (Phi) is 7.12. The maximum absolute atomic E-state index is 14.5. The van der Waals surface area contributed by atoms with E-state index in [1.54, 1.807) is 18.2 Å². The lowest BCUT2D eigenvalue weighted by atomic mass is 9.90. The highest BCUT2D eigenvalue weighted by atomic mass is 35.5. The number of carbonyl (C=O) groups is 1. The second-order valence-corrected chi connectivity index (χ2v) is 8.92. The molecule has 0 saturated carbocycles. The molecule has 0 aliphatic carbocycles. The van der Waals surface area contributed by atoms with Crippen molar-refractivity contribution in [1.29, 1.82) is 0 Å². The molecule has 1 heterocycles. The standard InChI is InChI=1S/C19H27Cl2FN2O/c1-19(2,3)5-7-24-6-4-13(17(22)12-24)11-23-18(25)14-8-15(20)10-16(21)9-14/h8-10,13,17H,4-7,11-12H2,1-3H3,(H,23,25)/t13-,17+/m1/s1. The van der Waals surface area contributed by atoms with Crippen LogP contribution in [0.3, 0.4) is 0 Å². The van der Waals surface area contributed by atoms with Crippen molar-refractivity contribution in [2.45, 2.75) is 39.8 Å². The normalized spacial score (nSPS) is 22.0. The Morgan fingerprint density at radius 2 is 1.92 bits per heavy atom. The third-order valence-electron chi connectivity index (χ3n) is 4.59. The average Bonchev–Trinajstić information content (AvgIpc) is 2.50. The average molecular weight is 389 g/mol. The van der Waals surface area contributed by atoms with Gasteiger partial charge in [-0.15, -0.1) is 0 Å². The van der Waals surface area contributed by atoms with Gasteiger partial charge in [0, 0.05) is 34.6 Å². The minimum Gasteiger partial charge on any atom is -0.352 e. The number of likely N-dealkylation sites (tertiary alicyclic amines) is 1. The summed E-state index contributed by atoms with van der Waals surface area (Å²) in [6.45, 7) is 9.17. The molecule has 1 aromatic carbocycles. The smallest absolute Gasteiger partial charge is 0.251 e. The molecule has 6 heteroatoms. The third-order valence-corrected chi connectivity index (χ3v) is 5.02. The highest BCUT2D eigenvalue weighted by Gasteiger charge is 2.29. The van der Waals surface area contributed by atoms with Crippen molar-refractivity contribution < 1.29 is 9.18 Å². The minimum absolute atomic E-state index is 0.149. The Hall–Kier alpha value is -0.840. The van der Waals surface area contributed by atoms with Crippen molar-refractivity contribution in [2.24, 2.45) is 11.3 Å². The second kappa shape index (κ2) is 8.70. The van der Waals surface area contributed by atoms with E-state index >= 15 is 0 Å². The third kappa shape index (κ3) is 6.76. The van der Waals surface area contributed by atoms with Crippen LogP contribution in [-0.4, -0.2) is 43.2 Å². The lowest BCUT2D eigenvalue weighted by Gasteiger charge is -2.36. The number of carbonyl (C=O) groups excluding carboxylic acids is 1. The topological polar surface area (TPSA) is 32.3 Å². The Labute approximate surface area is 159 Å². The minimum atomic E-state index is -0.919. The van der Waals surface area contributed by atoms with E-state index < -0.39 is 6.17 Å². The quantitative estimate of drug-likeness (QED) is 0.783. The summed E-state index contributed by atoms with van der Waals surface area (Å²) in [6, 6.07) is 4.69. The number of halogens is 3. The summed E-state index contributed by atoms with van der Waals surface area (Å²) in [4.78, 5) is 14.4. The summed E-state index contributed by atoms with van der Waals surface area (Å²) >= 11 is 11.8. The van der Waals surface area contributed by atoms with Crippen molar-refractivity contribution in [3.63, 3.8) is 0 Å². The van der Waals surface area contributed by atoms with Crippen molar-refractivity contribution >= 4 is 29.1 Å². The fourth-order valence-electron chi connectivity index (χ4n) is 2.95. The maximum Gasteiger partial charge on any atom is 0.251 e. The van der Waals surface area contributed by atoms with Crippen LogP contribution in [-0.2, 0) is 0 Å². The summed E-state index contributed by atoms with van der Waals surface area (Å²) in [5.74, 6) is -0.420. The van der Waals surface area contributed by atoms with Gasteiger partial charge in [-0.1, -0.05) is 44.0 Å². The lowest BCUT2D eigenvalue weighted by Crippen LogP contribution is -2.46. The van der Waals surface area contributed by atoms with Gasteiger partial charge in [0.25, 0.3) is 5.91 Å². The molecule has 140 valence electrons. The lowest BCUT2D eigenvalue weighted by molar-refractivity contribution is 0.0724. The highest BCUT2D eigenvalue weighted by molar-refractivity contribution is 6.35. The van der Waals surface area contributed by atoms with E-state index in [4.69, 9.17) is 23.2 Å². The zero-order valence-electron chi connectivity index (χ0n) is 15.1. The fraction of sp³-hybridized carbons (Fsp3) is 0.632. The molecule has 3 nitrogen and oxygen atoms in total. The van der Waals surface area contributed by atoms with Gasteiger partial charge in [0.05, 0.1) is 0 Å². The SMILES string of the molecule is CC(C)(C)CCN1CC[C@H](CNC(=O)c2cc(Cl)cc(Cl)c2)[C@@H](F)C1. The number of hydrogen-bond donors (Lipinski definition) is 1. The monoisotopic (exact) mass is 388 g/mol. The van der Waals surface area contributed by atoms with E-state index in [9.17, 15) is 9.18 Å². The van der Waals surface area contributed by atoms with E-state index in [1.807, 2.05) is 0 Å². The first-order valence-corrected chi connectivity index (χ1v) is 9.50.